The number of anilines is 1. The molecule has 112 valence electrons. The summed E-state index contributed by atoms with van der Waals surface area (Å²) in [5, 5.41) is 0. The molecule has 2 fully saturated rings. The Hall–Kier alpha value is -1.68. The zero-order valence-corrected chi connectivity index (χ0v) is 12.3. The Balaban J connectivity index is 1.89. The summed E-state index contributed by atoms with van der Waals surface area (Å²) in [6.07, 6.45) is 6.52. The van der Waals surface area contributed by atoms with Crippen molar-refractivity contribution in [1.29, 1.82) is 0 Å². The Morgan fingerprint density at radius 2 is 1.62 bits per heavy atom. The molecule has 4 nitrogen and oxygen atoms in total. The zero-order valence-electron chi connectivity index (χ0n) is 12.3. The van der Waals surface area contributed by atoms with E-state index in [0.717, 1.165) is 31.2 Å². The molecule has 0 bridgehead atoms. The first-order valence-corrected chi connectivity index (χ1v) is 7.79. The molecular weight excluding hydrogens is 264 g/mol. The van der Waals surface area contributed by atoms with E-state index in [-0.39, 0.29) is 17.2 Å². The lowest BCUT2D eigenvalue weighted by Crippen LogP contribution is -2.49. The number of nitrogens with zero attached hydrogens (tertiary/aromatic N) is 1. The Labute approximate surface area is 125 Å². The van der Waals surface area contributed by atoms with Crippen molar-refractivity contribution in [2.75, 3.05) is 4.90 Å². The minimum atomic E-state index is -0.0689. The molecule has 4 heteroatoms. The van der Waals surface area contributed by atoms with Crippen molar-refractivity contribution in [2.24, 2.45) is 11.1 Å². The van der Waals surface area contributed by atoms with Crippen molar-refractivity contribution in [3.63, 3.8) is 0 Å². The second-order valence-electron chi connectivity index (χ2n) is 6.37. The van der Waals surface area contributed by atoms with Crippen LogP contribution in [0, 0.1) is 5.41 Å². The van der Waals surface area contributed by atoms with E-state index in [2.05, 4.69) is 0 Å². The lowest BCUT2D eigenvalue weighted by molar-refractivity contribution is -0.134. The van der Waals surface area contributed by atoms with Gasteiger partial charge in [0.2, 0.25) is 11.8 Å². The molecule has 1 aliphatic heterocycles. The maximum absolute atomic E-state index is 12.6. The van der Waals surface area contributed by atoms with Crippen LogP contribution in [0.5, 0.6) is 0 Å². The molecule has 1 spiro atoms. The molecule has 21 heavy (non-hydrogen) atoms. The summed E-state index contributed by atoms with van der Waals surface area (Å²) >= 11 is 0. The van der Waals surface area contributed by atoms with Crippen LogP contribution in [-0.2, 0) is 16.1 Å². The predicted octanol–water partition coefficient (Wildman–Crippen LogP) is 2.75. The topological polar surface area (TPSA) is 63.4 Å². The van der Waals surface area contributed by atoms with Gasteiger partial charge in [0.15, 0.2) is 0 Å². The fourth-order valence-corrected chi connectivity index (χ4v) is 3.83. The van der Waals surface area contributed by atoms with Gasteiger partial charge in [0, 0.05) is 19.4 Å². The number of hydrogen-bond donors (Lipinski definition) is 1. The van der Waals surface area contributed by atoms with Crippen molar-refractivity contribution >= 4 is 17.5 Å². The molecule has 0 atom stereocenters. The van der Waals surface area contributed by atoms with Crippen molar-refractivity contribution in [2.45, 2.75) is 51.5 Å². The number of carbonyl (C=O) groups is 2. The third-order valence-electron chi connectivity index (χ3n) is 4.92. The zero-order chi connectivity index (χ0) is 14.9. The van der Waals surface area contributed by atoms with Gasteiger partial charge >= 0.3 is 0 Å². The standard InChI is InChI=1S/C17H22N2O2/c18-12-13-6-2-3-7-14(13)19-15(20)10-17(11-16(19)21)8-4-1-5-9-17/h2-3,6-7H,1,4-5,8-12,18H2. The first-order valence-electron chi connectivity index (χ1n) is 7.79. The van der Waals surface area contributed by atoms with E-state index >= 15 is 0 Å². The van der Waals surface area contributed by atoms with Crippen molar-refractivity contribution in [3.8, 4) is 0 Å². The van der Waals surface area contributed by atoms with Crippen LogP contribution in [0.15, 0.2) is 24.3 Å². The molecule has 1 saturated carbocycles. The predicted molar refractivity (Wildman–Crippen MR) is 81.6 cm³/mol. The van der Waals surface area contributed by atoms with E-state index in [1.54, 1.807) is 0 Å². The highest BCUT2D eigenvalue weighted by Gasteiger charge is 2.44. The summed E-state index contributed by atoms with van der Waals surface area (Å²) in [7, 11) is 0. The van der Waals surface area contributed by atoms with Crippen LogP contribution >= 0.6 is 0 Å². The smallest absolute Gasteiger partial charge is 0.234 e. The molecule has 0 radical (unpaired) electrons. The molecule has 1 aliphatic carbocycles. The lowest BCUT2D eigenvalue weighted by atomic mass is 9.67. The first kappa shape index (κ1) is 14.3. The van der Waals surface area contributed by atoms with E-state index in [1.165, 1.54) is 11.3 Å². The van der Waals surface area contributed by atoms with Gasteiger partial charge in [-0.15, -0.1) is 0 Å². The quantitative estimate of drug-likeness (QED) is 0.850. The minimum Gasteiger partial charge on any atom is -0.326 e. The number of hydrogen-bond acceptors (Lipinski definition) is 3. The highest BCUT2D eigenvalue weighted by atomic mass is 16.2. The number of amides is 2. The number of carbonyl (C=O) groups excluding carboxylic acids is 2. The molecular formula is C17H22N2O2. The average Bonchev–Trinajstić information content (AvgIpc) is 2.47. The first-order chi connectivity index (χ1) is 10.2. The fourth-order valence-electron chi connectivity index (χ4n) is 3.83. The number of nitrogens with two attached hydrogens (primary N) is 1. The van der Waals surface area contributed by atoms with E-state index in [9.17, 15) is 9.59 Å². The molecule has 0 aromatic heterocycles. The van der Waals surface area contributed by atoms with E-state index < -0.39 is 0 Å². The molecule has 1 heterocycles. The van der Waals surface area contributed by atoms with Crippen LogP contribution in [0.4, 0.5) is 5.69 Å². The minimum absolute atomic E-state index is 0.0611. The third kappa shape index (κ3) is 2.60. The van der Waals surface area contributed by atoms with Gasteiger partial charge in [0.05, 0.1) is 5.69 Å². The number of para-hydroxylation sites is 1. The van der Waals surface area contributed by atoms with Crippen LogP contribution < -0.4 is 10.6 Å². The second-order valence-corrected chi connectivity index (χ2v) is 6.37. The average molecular weight is 286 g/mol. The number of benzene rings is 1. The summed E-state index contributed by atoms with van der Waals surface area (Å²) in [5.74, 6) is -0.122. The Morgan fingerprint density at radius 1 is 1.00 bits per heavy atom. The monoisotopic (exact) mass is 286 g/mol. The Bertz CT molecular complexity index is 542. The molecule has 1 aromatic rings. The summed E-state index contributed by atoms with van der Waals surface area (Å²) in [6.45, 7) is 0.332. The number of piperidine rings is 1. The maximum Gasteiger partial charge on any atom is 0.234 e. The SMILES string of the molecule is NCc1ccccc1N1C(=O)CC2(CCCCC2)CC1=O. The fraction of sp³-hybridized carbons (Fsp3) is 0.529. The van der Waals surface area contributed by atoms with Gasteiger partial charge in [0.1, 0.15) is 0 Å². The van der Waals surface area contributed by atoms with Crippen molar-refractivity contribution in [3.05, 3.63) is 29.8 Å². The Kier molecular flexibility index (Phi) is 3.81. The Morgan fingerprint density at radius 3 is 2.24 bits per heavy atom. The molecule has 1 aromatic carbocycles. The summed E-state index contributed by atoms with van der Waals surface area (Å²) in [5.41, 5.74) is 7.18. The lowest BCUT2D eigenvalue weighted by Gasteiger charge is -2.42. The van der Waals surface area contributed by atoms with Gasteiger partial charge < -0.3 is 5.73 Å². The molecule has 3 rings (SSSR count). The summed E-state index contributed by atoms with van der Waals surface area (Å²) < 4.78 is 0. The normalized spacial score (nSPS) is 21.9. The van der Waals surface area contributed by atoms with Gasteiger partial charge in [-0.1, -0.05) is 37.5 Å². The van der Waals surface area contributed by atoms with Crippen LogP contribution in [-0.4, -0.2) is 11.8 Å². The molecule has 1 saturated heterocycles. The summed E-state index contributed by atoms with van der Waals surface area (Å²) in [4.78, 5) is 26.6. The van der Waals surface area contributed by atoms with Gasteiger partial charge in [-0.05, 0) is 29.9 Å². The van der Waals surface area contributed by atoms with E-state index in [4.69, 9.17) is 5.73 Å². The summed E-state index contributed by atoms with van der Waals surface area (Å²) in [6, 6.07) is 7.42. The molecule has 2 amide bonds. The van der Waals surface area contributed by atoms with E-state index in [1.807, 2.05) is 24.3 Å². The number of imide groups is 1. The largest absolute Gasteiger partial charge is 0.326 e. The van der Waals surface area contributed by atoms with Crippen LogP contribution in [0.2, 0.25) is 0 Å². The second kappa shape index (κ2) is 5.60. The number of rotatable bonds is 2. The van der Waals surface area contributed by atoms with Gasteiger partial charge in [-0.25, -0.2) is 0 Å². The molecule has 2 N–H and O–H groups in total. The third-order valence-corrected chi connectivity index (χ3v) is 4.92. The van der Waals surface area contributed by atoms with Gasteiger partial charge in [-0.2, -0.15) is 0 Å². The van der Waals surface area contributed by atoms with Crippen molar-refractivity contribution in [1.82, 2.24) is 0 Å². The van der Waals surface area contributed by atoms with Gasteiger partial charge in [-0.3, -0.25) is 14.5 Å². The molecule has 0 unspecified atom stereocenters. The van der Waals surface area contributed by atoms with Crippen LogP contribution in [0.1, 0.15) is 50.5 Å². The highest BCUT2D eigenvalue weighted by molar-refractivity contribution is 6.17. The van der Waals surface area contributed by atoms with Crippen LogP contribution in [0.25, 0.3) is 0 Å². The molecule has 2 aliphatic rings. The van der Waals surface area contributed by atoms with Crippen molar-refractivity contribution < 1.29 is 9.59 Å². The van der Waals surface area contributed by atoms with Gasteiger partial charge in [0.25, 0.3) is 0 Å². The maximum atomic E-state index is 12.6. The highest BCUT2D eigenvalue weighted by Crippen LogP contribution is 2.46. The van der Waals surface area contributed by atoms with E-state index in [0.29, 0.717) is 25.1 Å². The van der Waals surface area contributed by atoms with Crippen LogP contribution in [0.3, 0.4) is 0 Å².